The van der Waals surface area contributed by atoms with Crippen molar-refractivity contribution in [3.63, 3.8) is 0 Å². The summed E-state index contributed by atoms with van der Waals surface area (Å²) < 4.78 is 0. The lowest BCUT2D eigenvalue weighted by Crippen LogP contribution is -2.39. The Morgan fingerprint density at radius 3 is 1.24 bits per heavy atom. The monoisotopic (exact) mass is 307 g/mol. The molecule has 0 unspecified atom stereocenters. The van der Waals surface area contributed by atoms with Crippen molar-refractivity contribution in [1.82, 2.24) is 5.32 Å². The maximum atomic E-state index is 5.14. The van der Waals surface area contributed by atoms with Gasteiger partial charge < -0.3 is 28.3 Å². The standard InChI is InChI=1S/C4H9N.C4H11N.2C3H9N.C2H7N/c1-4-2-5-3-4;1-2-3-4-5;1-3(2)4;1-2-3-4;1-2-3/h4-5H,2-3H2,1H3;2-5H2,1H3;3H,4H2,1-2H3;2-4H2,1H3;2-3H2,1H3. The summed E-state index contributed by atoms with van der Waals surface area (Å²) in [6, 6.07) is 0.333. The predicted molar refractivity (Wildman–Crippen MR) is 99.4 cm³/mol. The van der Waals surface area contributed by atoms with E-state index in [1.807, 2.05) is 20.8 Å². The van der Waals surface area contributed by atoms with Gasteiger partial charge in [0.1, 0.15) is 0 Å². The van der Waals surface area contributed by atoms with Crippen LogP contribution in [-0.4, -0.2) is 38.8 Å². The first-order chi connectivity index (χ1) is 9.87. The van der Waals surface area contributed by atoms with Crippen molar-refractivity contribution in [3.8, 4) is 0 Å². The number of rotatable bonds is 3. The van der Waals surface area contributed by atoms with Gasteiger partial charge in [-0.3, -0.25) is 0 Å². The van der Waals surface area contributed by atoms with Crippen LogP contribution in [0.3, 0.4) is 0 Å². The van der Waals surface area contributed by atoms with Gasteiger partial charge in [0.15, 0.2) is 0 Å². The van der Waals surface area contributed by atoms with Gasteiger partial charge in [-0.25, -0.2) is 0 Å². The summed E-state index contributed by atoms with van der Waals surface area (Å²) >= 11 is 0. The fourth-order valence-electron chi connectivity index (χ4n) is 0.637. The largest absolute Gasteiger partial charge is 0.331 e. The molecule has 1 saturated heterocycles. The maximum absolute atomic E-state index is 5.14. The van der Waals surface area contributed by atoms with E-state index in [4.69, 9.17) is 22.9 Å². The van der Waals surface area contributed by atoms with E-state index in [0.717, 1.165) is 32.0 Å². The smallest absolute Gasteiger partial charge is 0.00109 e. The molecule has 0 atom stereocenters. The van der Waals surface area contributed by atoms with Crippen LogP contribution in [0.15, 0.2) is 0 Å². The molecule has 134 valence electrons. The summed E-state index contributed by atoms with van der Waals surface area (Å²) in [6.07, 6.45) is 3.48. The minimum Gasteiger partial charge on any atom is -0.331 e. The normalized spacial score (nSPS) is 12.1. The Kier molecular flexibility index (Phi) is 44.0. The summed E-state index contributed by atoms with van der Waals surface area (Å²) in [5.74, 6) is 0.954. The van der Waals surface area contributed by atoms with Gasteiger partial charge in [-0.1, -0.05) is 48.0 Å². The van der Waals surface area contributed by atoms with E-state index in [2.05, 4.69) is 26.1 Å². The van der Waals surface area contributed by atoms with Crippen LogP contribution in [0.2, 0.25) is 0 Å². The zero-order valence-electron chi connectivity index (χ0n) is 15.6. The molecule has 0 aromatic heterocycles. The highest BCUT2D eigenvalue weighted by atomic mass is 14.9. The number of unbranched alkanes of at least 4 members (excludes halogenated alkanes) is 1. The summed E-state index contributed by atoms with van der Waals surface area (Å²) in [7, 11) is 0. The Bertz CT molecular complexity index is 121. The molecular formula is C16H45N5. The predicted octanol–water partition coefficient (Wildman–Crippen LogP) is 1.64. The fourth-order valence-corrected chi connectivity index (χ4v) is 0.637. The Hall–Kier alpha value is -0.200. The SMILES string of the molecule is CC(C)N.CC1CNC1.CCCCN.CCCN.CCN. The molecule has 0 spiro atoms. The Morgan fingerprint density at radius 2 is 1.24 bits per heavy atom. The van der Waals surface area contributed by atoms with Crippen molar-refractivity contribution >= 4 is 0 Å². The van der Waals surface area contributed by atoms with Crippen molar-refractivity contribution in [1.29, 1.82) is 0 Å². The highest BCUT2D eigenvalue weighted by Gasteiger charge is 2.07. The van der Waals surface area contributed by atoms with Crippen LogP contribution < -0.4 is 28.3 Å². The van der Waals surface area contributed by atoms with Crippen LogP contribution in [-0.2, 0) is 0 Å². The third kappa shape index (κ3) is 81.0. The number of hydrogen-bond acceptors (Lipinski definition) is 5. The molecule has 0 aromatic carbocycles. The average molecular weight is 308 g/mol. The van der Waals surface area contributed by atoms with Gasteiger partial charge in [-0.15, -0.1) is 0 Å². The van der Waals surface area contributed by atoms with Crippen LogP contribution in [0.5, 0.6) is 0 Å². The number of nitrogens with one attached hydrogen (secondary N) is 1. The molecule has 0 saturated carbocycles. The van der Waals surface area contributed by atoms with E-state index in [9.17, 15) is 0 Å². The molecule has 1 heterocycles. The van der Waals surface area contributed by atoms with Gasteiger partial charge in [0.2, 0.25) is 0 Å². The molecule has 1 rings (SSSR count). The Balaban J connectivity index is -0.0000000873. The van der Waals surface area contributed by atoms with Crippen LogP contribution in [0.25, 0.3) is 0 Å². The van der Waals surface area contributed by atoms with Crippen molar-refractivity contribution in [2.45, 2.75) is 66.8 Å². The highest BCUT2D eigenvalue weighted by Crippen LogP contribution is 1.96. The molecule has 0 aliphatic carbocycles. The van der Waals surface area contributed by atoms with E-state index in [1.54, 1.807) is 0 Å². The average Bonchev–Trinajstić information content (AvgIpc) is 2.39. The summed E-state index contributed by atoms with van der Waals surface area (Å²) in [5.41, 5.74) is 20.1. The Labute approximate surface area is 134 Å². The molecule has 0 bridgehead atoms. The second-order valence-corrected chi connectivity index (χ2v) is 5.35. The van der Waals surface area contributed by atoms with Gasteiger partial charge in [-0.05, 0) is 57.5 Å². The molecular weight excluding hydrogens is 262 g/mol. The Morgan fingerprint density at radius 1 is 0.952 bits per heavy atom. The first-order valence-electron chi connectivity index (χ1n) is 8.44. The van der Waals surface area contributed by atoms with Gasteiger partial charge in [0.05, 0.1) is 0 Å². The fraction of sp³-hybridized carbons (Fsp3) is 1.00. The minimum absolute atomic E-state index is 0.333. The van der Waals surface area contributed by atoms with Gasteiger partial charge in [-0.2, -0.15) is 0 Å². The zero-order valence-corrected chi connectivity index (χ0v) is 15.6. The highest BCUT2D eigenvalue weighted by molar-refractivity contribution is 4.68. The van der Waals surface area contributed by atoms with E-state index in [-0.39, 0.29) is 0 Å². The first-order valence-corrected chi connectivity index (χ1v) is 8.44. The van der Waals surface area contributed by atoms with Gasteiger partial charge in [0.25, 0.3) is 0 Å². The van der Waals surface area contributed by atoms with Crippen LogP contribution in [0.1, 0.15) is 60.8 Å². The molecule has 9 N–H and O–H groups in total. The quantitative estimate of drug-likeness (QED) is 0.543. The van der Waals surface area contributed by atoms with Gasteiger partial charge >= 0.3 is 0 Å². The first kappa shape index (κ1) is 28.9. The third-order valence-corrected chi connectivity index (χ3v) is 1.83. The zero-order chi connectivity index (χ0) is 17.5. The second kappa shape index (κ2) is 31.9. The minimum atomic E-state index is 0.333. The molecule has 1 fully saturated rings. The molecule has 5 nitrogen and oxygen atoms in total. The van der Waals surface area contributed by atoms with Crippen LogP contribution in [0, 0.1) is 5.92 Å². The summed E-state index contributed by atoms with van der Waals surface area (Å²) in [5, 5.41) is 3.16. The van der Waals surface area contributed by atoms with E-state index < -0.39 is 0 Å². The van der Waals surface area contributed by atoms with Gasteiger partial charge in [0, 0.05) is 0 Å². The number of nitrogens with two attached hydrogens (primary N) is 4. The van der Waals surface area contributed by atoms with E-state index in [1.165, 1.54) is 25.9 Å². The number of hydrogen-bond donors (Lipinski definition) is 5. The lowest BCUT2D eigenvalue weighted by atomic mass is 10.1. The summed E-state index contributed by atoms with van der Waals surface area (Å²) in [4.78, 5) is 0. The molecule has 1 aliphatic rings. The van der Waals surface area contributed by atoms with E-state index in [0.29, 0.717) is 6.04 Å². The van der Waals surface area contributed by atoms with Crippen LogP contribution >= 0.6 is 0 Å². The van der Waals surface area contributed by atoms with Crippen molar-refractivity contribution in [2.24, 2.45) is 28.9 Å². The maximum Gasteiger partial charge on any atom is -0.00109 e. The molecule has 1 aliphatic heterocycles. The van der Waals surface area contributed by atoms with Crippen molar-refractivity contribution < 1.29 is 0 Å². The second-order valence-electron chi connectivity index (χ2n) is 5.35. The molecule has 0 radical (unpaired) electrons. The van der Waals surface area contributed by atoms with Crippen LogP contribution in [0.4, 0.5) is 0 Å². The third-order valence-electron chi connectivity index (χ3n) is 1.83. The lowest BCUT2D eigenvalue weighted by Gasteiger charge is -2.21. The molecule has 21 heavy (non-hydrogen) atoms. The molecule has 0 aromatic rings. The molecule has 5 heteroatoms. The topological polar surface area (TPSA) is 116 Å². The lowest BCUT2D eigenvalue weighted by molar-refractivity contribution is 0.379. The molecule has 0 amide bonds. The van der Waals surface area contributed by atoms with E-state index >= 15 is 0 Å². The van der Waals surface area contributed by atoms with Crippen molar-refractivity contribution in [2.75, 3.05) is 32.7 Å². The van der Waals surface area contributed by atoms with Crippen molar-refractivity contribution in [3.05, 3.63) is 0 Å². The summed E-state index contributed by atoms with van der Waals surface area (Å²) in [6.45, 7) is 17.1.